The molecule has 0 aromatic heterocycles. The van der Waals surface area contributed by atoms with Crippen molar-refractivity contribution < 1.29 is 9.76 Å². The Labute approximate surface area is 138 Å². The van der Waals surface area contributed by atoms with Crippen LogP contribution in [0, 0.1) is 5.92 Å². The van der Waals surface area contributed by atoms with E-state index in [9.17, 15) is 5.02 Å². The fraction of sp³-hybridized carbons (Fsp3) is 0.625. The number of benzene rings is 1. The van der Waals surface area contributed by atoms with E-state index in [1.807, 2.05) is 19.0 Å². The topological polar surface area (TPSA) is 81.5 Å². The monoisotopic (exact) mass is 316 g/mol. The van der Waals surface area contributed by atoms with Gasteiger partial charge in [0.1, 0.15) is 5.75 Å². The van der Waals surface area contributed by atoms with Gasteiger partial charge in [-0.3, -0.25) is 0 Å². The van der Waals surface area contributed by atoms with Crippen LogP contribution in [0.2, 0.25) is 6.82 Å². The smallest absolute Gasteiger partial charge is 0.376 e. The lowest BCUT2D eigenvalue weighted by molar-refractivity contribution is 0.233. The van der Waals surface area contributed by atoms with E-state index in [0.29, 0.717) is 12.6 Å². The van der Waals surface area contributed by atoms with E-state index in [0.717, 1.165) is 25.0 Å². The Morgan fingerprint density at radius 1 is 1.52 bits per heavy atom. The van der Waals surface area contributed by atoms with Crippen LogP contribution in [0.1, 0.15) is 25.3 Å². The van der Waals surface area contributed by atoms with Crippen molar-refractivity contribution in [3.63, 3.8) is 0 Å². The van der Waals surface area contributed by atoms with Crippen molar-refractivity contribution in [1.82, 2.24) is 4.81 Å². The molecule has 1 aliphatic heterocycles. The van der Waals surface area contributed by atoms with Crippen molar-refractivity contribution in [2.45, 2.75) is 45.1 Å². The molecule has 0 unspecified atom stereocenters. The molecule has 1 aromatic carbocycles. The molecule has 0 bridgehead atoms. The van der Waals surface area contributed by atoms with Crippen molar-refractivity contribution in [3.8, 4) is 5.75 Å². The summed E-state index contributed by atoms with van der Waals surface area (Å²) in [7, 11) is 1.16. The molecular formula is C16H25BN4O2. The number of nitrogens with zero attached hydrogens (tertiary/aromatic N) is 4. The number of methoxy groups -OCH3 is 1. The lowest BCUT2D eigenvalue weighted by atomic mass is 9.80. The highest BCUT2D eigenvalue weighted by Gasteiger charge is 2.39. The van der Waals surface area contributed by atoms with Crippen LogP contribution in [0.3, 0.4) is 0 Å². The zero-order chi connectivity index (χ0) is 16.8. The largest absolute Gasteiger partial charge is 0.497 e. The number of hydrogen-bond acceptors (Lipinski definition) is 4. The lowest BCUT2D eigenvalue weighted by Gasteiger charge is -2.34. The normalized spacial score (nSPS) is 22.4. The fourth-order valence-corrected chi connectivity index (χ4v) is 3.66. The maximum Gasteiger partial charge on any atom is 0.376 e. The number of hydrogen-bond donors (Lipinski definition) is 1. The predicted octanol–water partition coefficient (Wildman–Crippen LogP) is 3.13. The van der Waals surface area contributed by atoms with Crippen LogP contribution in [0.5, 0.6) is 5.75 Å². The Morgan fingerprint density at radius 2 is 2.30 bits per heavy atom. The first-order valence-corrected chi connectivity index (χ1v) is 8.16. The third-order valence-electron chi connectivity index (χ3n) is 4.73. The SMILES string of the molecule is COc1cccc(C[C@@H]2CC[C@H]([C@@H](C)CN=[N+]=[N-])N2B(C)O)c1. The maximum atomic E-state index is 10.2. The Kier molecular flexibility index (Phi) is 6.33. The van der Waals surface area contributed by atoms with Crippen molar-refractivity contribution in [1.29, 1.82) is 0 Å². The van der Waals surface area contributed by atoms with Gasteiger partial charge >= 0.3 is 7.05 Å². The van der Waals surface area contributed by atoms with Crippen LogP contribution >= 0.6 is 0 Å². The molecule has 6 nitrogen and oxygen atoms in total. The van der Waals surface area contributed by atoms with E-state index in [2.05, 4.69) is 33.9 Å². The molecule has 7 heteroatoms. The van der Waals surface area contributed by atoms with Gasteiger partial charge in [-0.2, -0.15) is 0 Å². The Bertz CT molecular complexity index is 563. The highest BCUT2D eigenvalue weighted by Crippen LogP contribution is 2.32. The van der Waals surface area contributed by atoms with Crippen molar-refractivity contribution in [3.05, 3.63) is 40.3 Å². The molecule has 124 valence electrons. The van der Waals surface area contributed by atoms with Gasteiger partial charge in [-0.05, 0) is 55.2 Å². The second kappa shape index (κ2) is 8.25. The molecule has 1 aromatic rings. The van der Waals surface area contributed by atoms with Gasteiger partial charge in [0.2, 0.25) is 0 Å². The van der Waals surface area contributed by atoms with E-state index in [4.69, 9.17) is 10.3 Å². The molecule has 23 heavy (non-hydrogen) atoms. The van der Waals surface area contributed by atoms with Crippen LogP contribution in [0.15, 0.2) is 29.4 Å². The highest BCUT2D eigenvalue weighted by atomic mass is 16.5. The minimum absolute atomic E-state index is 0.232. The second-order valence-corrected chi connectivity index (χ2v) is 6.32. The van der Waals surface area contributed by atoms with Gasteiger partial charge in [-0.25, -0.2) is 0 Å². The molecule has 0 amide bonds. The molecule has 1 aliphatic rings. The summed E-state index contributed by atoms with van der Waals surface area (Å²) >= 11 is 0. The average Bonchev–Trinajstić information content (AvgIpc) is 2.96. The molecule has 1 heterocycles. The molecule has 0 aliphatic carbocycles. The maximum absolute atomic E-state index is 10.2. The number of rotatable bonds is 7. The van der Waals surface area contributed by atoms with E-state index in [-0.39, 0.29) is 12.0 Å². The molecule has 1 fully saturated rings. The number of ether oxygens (including phenoxy) is 1. The summed E-state index contributed by atoms with van der Waals surface area (Å²) in [6, 6.07) is 8.63. The third kappa shape index (κ3) is 4.41. The quantitative estimate of drug-likeness (QED) is 0.363. The Hall–Kier alpha value is -1.69. The van der Waals surface area contributed by atoms with Gasteiger partial charge in [-0.1, -0.05) is 24.2 Å². The molecule has 3 atom stereocenters. The average molecular weight is 316 g/mol. The first-order chi connectivity index (χ1) is 11.1. The third-order valence-corrected chi connectivity index (χ3v) is 4.73. The van der Waals surface area contributed by atoms with E-state index < -0.39 is 7.05 Å². The lowest BCUT2D eigenvalue weighted by Crippen LogP contribution is -2.49. The van der Waals surface area contributed by atoms with Crippen LogP contribution in [-0.4, -0.2) is 42.6 Å². The predicted molar refractivity (Wildman–Crippen MR) is 92.4 cm³/mol. The summed E-state index contributed by atoms with van der Waals surface area (Å²) < 4.78 is 5.29. The van der Waals surface area contributed by atoms with E-state index in [1.54, 1.807) is 7.11 Å². The van der Waals surface area contributed by atoms with E-state index in [1.165, 1.54) is 5.56 Å². The van der Waals surface area contributed by atoms with Crippen LogP contribution in [-0.2, 0) is 6.42 Å². The highest BCUT2D eigenvalue weighted by molar-refractivity contribution is 6.45. The standard InChI is InChI=1S/C16H25BN4O2/c1-12(11-19-20-18)16-8-7-14(21(16)17(2)22)9-13-5-4-6-15(10-13)23-3/h4-6,10,12,14,16,22H,7-9,11H2,1-3H3/t12-,14-,16+/m0/s1. The van der Waals surface area contributed by atoms with Crippen molar-refractivity contribution in [2.75, 3.05) is 13.7 Å². The Balaban J connectivity index is 2.10. The summed E-state index contributed by atoms with van der Waals surface area (Å²) in [6.07, 6.45) is 2.93. The van der Waals surface area contributed by atoms with Gasteiger partial charge in [0.25, 0.3) is 0 Å². The van der Waals surface area contributed by atoms with Crippen LogP contribution < -0.4 is 4.74 Å². The summed E-state index contributed by atoms with van der Waals surface area (Å²) in [6.45, 7) is 4.37. The van der Waals surface area contributed by atoms with Gasteiger partial charge in [0.15, 0.2) is 0 Å². The molecule has 1 N–H and O–H groups in total. The minimum Gasteiger partial charge on any atom is -0.497 e. The molecule has 1 saturated heterocycles. The van der Waals surface area contributed by atoms with Crippen molar-refractivity contribution in [2.24, 2.45) is 11.0 Å². The molecule has 0 spiro atoms. The molecule has 0 saturated carbocycles. The summed E-state index contributed by atoms with van der Waals surface area (Å²) in [5, 5.41) is 13.9. The molecular weight excluding hydrogens is 291 g/mol. The summed E-state index contributed by atoms with van der Waals surface area (Å²) in [5.41, 5.74) is 9.72. The van der Waals surface area contributed by atoms with Crippen LogP contribution in [0.25, 0.3) is 10.4 Å². The first kappa shape index (κ1) is 17.7. The zero-order valence-corrected chi connectivity index (χ0v) is 14.1. The second-order valence-electron chi connectivity index (χ2n) is 6.32. The fourth-order valence-electron chi connectivity index (χ4n) is 3.66. The minimum atomic E-state index is -0.508. The Morgan fingerprint density at radius 3 is 2.96 bits per heavy atom. The van der Waals surface area contributed by atoms with Gasteiger partial charge in [0, 0.05) is 23.5 Å². The zero-order valence-electron chi connectivity index (χ0n) is 14.1. The van der Waals surface area contributed by atoms with Crippen LogP contribution in [0.4, 0.5) is 0 Å². The first-order valence-electron chi connectivity index (χ1n) is 8.16. The number of azide groups is 1. The van der Waals surface area contributed by atoms with E-state index >= 15 is 0 Å². The molecule has 2 rings (SSSR count). The van der Waals surface area contributed by atoms with Crippen molar-refractivity contribution >= 4 is 7.05 Å². The van der Waals surface area contributed by atoms with Gasteiger partial charge < -0.3 is 14.6 Å². The summed E-state index contributed by atoms with van der Waals surface area (Å²) in [5.74, 6) is 1.09. The molecule has 0 radical (unpaired) electrons. The van der Waals surface area contributed by atoms with Gasteiger partial charge in [-0.15, -0.1) is 0 Å². The van der Waals surface area contributed by atoms with Gasteiger partial charge in [0.05, 0.1) is 7.11 Å². The summed E-state index contributed by atoms with van der Waals surface area (Å²) in [4.78, 5) is 5.03.